The Balaban J connectivity index is 1.60. The molecule has 0 radical (unpaired) electrons. The van der Waals surface area contributed by atoms with Gasteiger partial charge in [-0.05, 0) is 36.6 Å². The number of aromatic nitrogens is 2. The highest BCUT2D eigenvalue weighted by atomic mass is 16.5. The van der Waals surface area contributed by atoms with E-state index < -0.39 is 5.97 Å². The van der Waals surface area contributed by atoms with Crippen LogP contribution in [0.25, 0.3) is 0 Å². The molecule has 2 atom stereocenters. The smallest absolute Gasteiger partial charge is 0.303 e. The zero-order valence-electron chi connectivity index (χ0n) is 13.8. The lowest BCUT2D eigenvalue weighted by Gasteiger charge is -2.20. The quantitative estimate of drug-likeness (QED) is 0.816. The molecule has 1 aromatic heterocycles. The Hall–Kier alpha value is -2.34. The van der Waals surface area contributed by atoms with Gasteiger partial charge < -0.3 is 15.2 Å². The number of hydrogen-bond acceptors (Lipinski definition) is 4. The Morgan fingerprint density at radius 3 is 3.08 bits per heavy atom. The van der Waals surface area contributed by atoms with Gasteiger partial charge in [0.15, 0.2) is 0 Å². The number of ether oxygens (including phenoxy) is 1. The van der Waals surface area contributed by atoms with E-state index in [0.29, 0.717) is 12.3 Å². The lowest BCUT2D eigenvalue weighted by Crippen LogP contribution is -2.19. The molecule has 0 aliphatic carbocycles. The molecule has 1 saturated heterocycles. The van der Waals surface area contributed by atoms with Gasteiger partial charge >= 0.3 is 5.97 Å². The van der Waals surface area contributed by atoms with Gasteiger partial charge in [0.05, 0.1) is 5.69 Å². The van der Waals surface area contributed by atoms with Crippen molar-refractivity contribution in [1.29, 1.82) is 0 Å². The maximum absolute atomic E-state index is 10.7. The van der Waals surface area contributed by atoms with Crippen molar-refractivity contribution in [2.75, 3.05) is 18.5 Å². The molecule has 0 amide bonds. The van der Waals surface area contributed by atoms with E-state index in [9.17, 15) is 4.79 Å². The third-order valence-corrected chi connectivity index (χ3v) is 4.49. The second-order valence-corrected chi connectivity index (χ2v) is 6.19. The van der Waals surface area contributed by atoms with E-state index in [2.05, 4.69) is 10.4 Å². The summed E-state index contributed by atoms with van der Waals surface area (Å²) in [6.07, 6.45) is 3.59. The number of anilines is 1. The molecule has 2 N–H and O–H groups in total. The lowest BCUT2D eigenvalue weighted by atomic mass is 9.98. The topological polar surface area (TPSA) is 76.4 Å². The first kappa shape index (κ1) is 16.5. The van der Waals surface area contributed by atoms with E-state index >= 15 is 0 Å². The summed E-state index contributed by atoms with van der Waals surface area (Å²) in [5.41, 5.74) is 3.16. The number of aryl methyl sites for hydroxylation is 2. The fourth-order valence-electron chi connectivity index (χ4n) is 3.17. The highest BCUT2D eigenvalue weighted by molar-refractivity contribution is 5.67. The van der Waals surface area contributed by atoms with Crippen molar-refractivity contribution in [3.63, 3.8) is 0 Å². The lowest BCUT2D eigenvalue weighted by molar-refractivity contribution is -0.136. The first-order valence-electron chi connectivity index (χ1n) is 8.27. The molecule has 128 valence electrons. The van der Waals surface area contributed by atoms with Gasteiger partial charge in [0.1, 0.15) is 6.10 Å². The molecule has 1 fully saturated rings. The van der Waals surface area contributed by atoms with Crippen molar-refractivity contribution in [3.05, 3.63) is 47.8 Å². The molecule has 3 rings (SSSR count). The van der Waals surface area contributed by atoms with Gasteiger partial charge in [0.2, 0.25) is 0 Å². The van der Waals surface area contributed by atoms with Crippen LogP contribution in [-0.2, 0) is 23.0 Å². The molecule has 1 aliphatic heterocycles. The molecule has 6 nitrogen and oxygen atoms in total. The van der Waals surface area contributed by atoms with E-state index in [0.717, 1.165) is 36.5 Å². The molecule has 2 aromatic rings. The van der Waals surface area contributed by atoms with Gasteiger partial charge in [-0.3, -0.25) is 9.48 Å². The Morgan fingerprint density at radius 1 is 1.46 bits per heavy atom. The summed E-state index contributed by atoms with van der Waals surface area (Å²) in [4.78, 5) is 10.7. The van der Waals surface area contributed by atoms with Gasteiger partial charge in [-0.15, -0.1) is 0 Å². The van der Waals surface area contributed by atoms with Crippen molar-refractivity contribution < 1.29 is 14.6 Å². The normalized spacial score (nSPS) is 20.2. The summed E-state index contributed by atoms with van der Waals surface area (Å²) in [6, 6.07) is 9.97. The van der Waals surface area contributed by atoms with Gasteiger partial charge in [0.25, 0.3) is 0 Å². The number of nitrogens with one attached hydrogen (secondary N) is 1. The third kappa shape index (κ3) is 3.94. The summed E-state index contributed by atoms with van der Waals surface area (Å²) in [5, 5.41) is 16.5. The average molecular weight is 329 g/mol. The molecule has 0 spiro atoms. The first-order chi connectivity index (χ1) is 11.6. The van der Waals surface area contributed by atoms with Gasteiger partial charge in [-0.25, -0.2) is 0 Å². The Morgan fingerprint density at radius 2 is 2.33 bits per heavy atom. The number of aliphatic carboxylic acids is 1. The summed E-state index contributed by atoms with van der Waals surface area (Å²) in [6.45, 7) is 1.58. The predicted octanol–water partition coefficient (Wildman–Crippen LogP) is 2.63. The minimum Gasteiger partial charge on any atom is -0.481 e. The van der Waals surface area contributed by atoms with Crippen LogP contribution in [0.1, 0.15) is 30.2 Å². The zero-order chi connectivity index (χ0) is 16.9. The number of nitrogens with zero attached hydrogens (tertiary/aromatic N) is 2. The number of hydrogen-bond donors (Lipinski definition) is 2. The van der Waals surface area contributed by atoms with E-state index in [-0.39, 0.29) is 12.5 Å². The minimum absolute atomic E-state index is 0.0696. The molecule has 0 bridgehead atoms. The summed E-state index contributed by atoms with van der Waals surface area (Å²) < 4.78 is 7.77. The van der Waals surface area contributed by atoms with E-state index in [4.69, 9.17) is 9.84 Å². The third-order valence-electron chi connectivity index (χ3n) is 4.49. The number of carboxylic acid groups (broad SMARTS) is 1. The molecular weight excluding hydrogens is 306 g/mol. The van der Waals surface area contributed by atoms with Crippen LogP contribution in [0.2, 0.25) is 0 Å². The van der Waals surface area contributed by atoms with Crippen LogP contribution in [0.15, 0.2) is 36.5 Å². The number of benzene rings is 1. The van der Waals surface area contributed by atoms with Crippen molar-refractivity contribution in [3.8, 4) is 0 Å². The van der Waals surface area contributed by atoms with Crippen LogP contribution in [0.3, 0.4) is 0 Å². The summed E-state index contributed by atoms with van der Waals surface area (Å²) in [7, 11) is 1.94. The van der Waals surface area contributed by atoms with E-state index in [1.165, 1.54) is 0 Å². The second-order valence-electron chi connectivity index (χ2n) is 6.19. The number of carbonyl (C=O) groups is 1. The molecule has 2 heterocycles. The van der Waals surface area contributed by atoms with Crippen LogP contribution in [-0.4, -0.2) is 34.0 Å². The second kappa shape index (κ2) is 7.49. The predicted molar refractivity (Wildman–Crippen MR) is 90.9 cm³/mol. The largest absolute Gasteiger partial charge is 0.481 e. The molecule has 0 unspecified atom stereocenters. The van der Waals surface area contributed by atoms with Gasteiger partial charge in [-0.1, -0.05) is 12.1 Å². The minimum atomic E-state index is -0.768. The van der Waals surface area contributed by atoms with E-state index in [1.54, 1.807) is 6.20 Å². The van der Waals surface area contributed by atoms with Crippen LogP contribution in [0.4, 0.5) is 5.69 Å². The Bertz CT molecular complexity index is 698. The first-order valence-corrected chi connectivity index (χ1v) is 8.27. The maximum atomic E-state index is 10.7. The molecule has 0 saturated carbocycles. The zero-order valence-corrected chi connectivity index (χ0v) is 13.8. The Kier molecular flexibility index (Phi) is 5.15. The highest BCUT2D eigenvalue weighted by Crippen LogP contribution is 2.34. The van der Waals surface area contributed by atoms with Crippen molar-refractivity contribution in [1.82, 2.24) is 9.78 Å². The molecule has 1 aromatic carbocycles. The van der Waals surface area contributed by atoms with Crippen LogP contribution < -0.4 is 5.32 Å². The van der Waals surface area contributed by atoms with Crippen molar-refractivity contribution >= 4 is 11.7 Å². The van der Waals surface area contributed by atoms with Crippen LogP contribution in [0, 0.1) is 5.92 Å². The Labute approximate surface area is 141 Å². The van der Waals surface area contributed by atoms with Crippen LogP contribution >= 0.6 is 0 Å². The molecule has 24 heavy (non-hydrogen) atoms. The summed E-state index contributed by atoms with van der Waals surface area (Å²) in [5.74, 6) is -0.376. The number of carboxylic acids is 1. The summed E-state index contributed by atoms with van der Waals surface area (Å²) >= 11 is 0. The molecular formula is C18H23N3O3. The van der Waals surface area contributed by atoms with Crippen molar-refractivity contribution in [2.45, 2.75) is 25.4 Å². The van der Waals surface area contributed by atoms with Crippen molar-refractivity contribution in [2.24, 2.45) is 13.0 Å². The van der Waals surface area contributed by atoms with Crippen LogP contribution in [0.5, 0.6) is 0 Å². The SMILES string of the molecule is Cn1nccc1[C@@H]1OCC[C@H]1CNc1cccc(CCC(=O)O)c1. The molecule has 1 aliphatic rings. The number of rotatable bonds is 7. The average Bonchev–Trinajstić information content (AvgIpc) is 3.19. The standard InChI is InChI=1S/C18H23N3O3/c1-21-16(7-9-20-21)18-14(8-10-24-18)12-19-15-4-2-3-13(11-15)5-6-17(22)23/h2-4,7,9,11,14,18-19H,5-6,8,10,12H2,1H3,(H,22,23)/t14-,18+/m0/s1. The fraction of sp³-hybridized carbons (Fsp3) is 0.444. The van der Waals surface area contributed by atoms with Gasteiger partial charge in [-0.2, -0.15) is 5.10 Å². The maximum Gasteiger partial charge on any atom is 0.303 e. The monoisotopic (exact) mass is 329 g/mol. The van der Waals surface area contributed by atoms with E-state index in [1.807, 2.05) is 42.1 Å². The fourth-order valence-corrected chi connectivity index (χ4v) is 3.17. The molecule has 6 heteroatoms. The van der Waals surface area contributed by atoms with Gasteiger partial charge in [0, 0.05) is 44.4 Å². The highest BCUT2D eigenvalue weighted by Gasteiger charge is 2.31.